The average Bonchev–Trinajstić information content (AvgIpc) is 2.36. The first-order chi connectivity index (χ1) is 8.90. The molecule has 0 unspecified atom stereocenters. The zero-order valence-corrected chi connectivity index (χ0v) is 11.5. The van der Waals surface area contributed by atoms with Crippen molar-refractivity contribution in [3.63, 3.8) is 0 Å². The van der Waals surface area contributed by atoms with Gasteiger partial charge in [0.15, 0.2) is 11.6 Å². The van der Waals surface area contributed by atoms with E-state index in [4.69, 9.17) is 5.73 Å². The number of rotatable bonds is 2. The van der Waals surface area contributed by atoms with Gasteiger partial charge in [-0.05, 0) is 52.7 Å². The van der Waals surface area contributed by atoms with E-state index < -0.39 is 17.5 Å². The summed E-state index contributed by atoms with van der Waals surface area (Å²) >= 11 is 3.04. The molecule has 2 rings (SSSR count). The van der Waals surface area contributed by atoms with Crippen LogP contribution in [0.5, 0.6) is 0 Å². The lowest BCUT2D eigenvalue weighted by Gasteiger charge is -2.13. The van der Waals surface area contributed by atoms with Crippen LogP contribution in [0.1, 0.15) is 5.56 Å². The minimum Gasteiger partial charge on any atom is -0.397 e. The summed E-state index contributed by atoms with van der Waals surface area (Å²) < 4.78 is 40.5. The molecule has 2 nitrogen and oxygen atoms in total. The highest BCUT2D eigenvalue weighted by molar-refractivity contribution is 9.10. The molecule has 3 N–H and O–H groups in total. The molecule has 0 fully saturated rings. The van der Waals surface area contributed by atoms with Crippen molar-refractivity contribution in [2.75, 3.05) is 11.1 Å². The lowest BCUT2D eigenvalue weighted by atomic mass is 10.1. The second-order valence-corrected chi connectivity index (χ2v) is 4.89. The lowest BCUT2D eigenvalue weighted by Crippen LogP contribution is -2.03. The molecule has 0 aromatic heterocycles. The Kier molecular flexibility index (Phi) is 3.71. The predicted molar refractivity (Wildman–Crippen MR) is 72.9 cm³/mol. The van der Waals surface area contributed by atoms with E-state index in [9.17, 15) is 13.2 Å². The third-order valence-electron chi connectivity index (χ3n) is 2.65. The molecule has 2 aromatic carbocycles. The monoisotopic (exact) mass is 330 g/mol. The van der Waals surface area contributed by atoms with Crippen LogP contribution in [0.3, 0.4) is 0 Å². The molecular formula is C13H10BrF3N2. The van der Waals surface area contributed by atoms with Crippen molar-refractivity contribution in [3.8, 4) is 0 Å². The molecule has 0 atom stereocenters. The van der Waals surface area contributed by atoms with Gasteiger partial charge in [-0.15, -0.1) is 0 Å². The number of nitrogen functional groups attached to an aromatic ring is 1. The van der Waals surface area contributed by atoms with Crippen LogP contribution in [0, 0.1) is 24.4 Å². The summed E-state index contributed by atoms with van der Waals surface area (Å²) in [5.41, 5.74) is 6.40. The summed E-state index contributed by atoms with van der Waals surface area (Å²) in [7, 11) is 0. The third-order valence-corrected chi connectivity index (χ3v) is 3.26. The summed E-state index contributed by atoms with van der Waals surface area (Å²) in [6.07, 6.45) is 0. The molecule has 0 radical (unpaired) electrons. The first kappa shape index (κ1) is 13.7. The molecule has 0 saturated carbocycles. The number of hydrogen-bond donors (Lipinski definition) is 2. The van der Waals surface area contributed by atoms with Crippen LogP contribution in [0.2, 0.25) is 0 Å². The van der Waals surface area contributed by atoms with E-state index in [1.807, 2.05) is 0 Å². The molecule has 0 spiro atoms. The van der Waals surface area contributed by atoms with Gasteiger partial charge >= 0.3 is 0 Å². The minimum atomic E-state index is -1.09. The quantitative estimate of drug-likeness (QED) is 0.795. The van der Waals surface area contributed by atoms with Crippen molar-refractivity contribution in [2.45, 2.75) is 6.92 Å². The van der Waals surface area contributed by atoms with Gasteiger partial charge < -0.3 is 11.1 Å². The molecule has 0 amide bonds. The molecule has 0 bridgehead atoms. The number of nitrogens with one attached hydrogen (secondary N) is 1. The molecule has 6 heteroatoms. The maximum Gasteiger partial charge on any atom is 0.184 e. The Morgan fingerprint density at radius 2 is 1.79 bits per heavy atom. The highest BCUT2D eigenvalue weighted by atomic mass is 79.9. The van der Waals surface area contributed by atoms with Crippen molar-refractivity contribution in [1.29, 1.82) is 0 Å². The maximum absolute atomic E-state index is 13.6. The van der Waals surface area contributed by atoms with Crippen LogP contribution in [0.4, 0.5) is 30.2 Å². The van der Waals surface area contributed by atoms with Gasteiger partial charge in [-0.2, -0.15) is 0 Å². The van der Waals surface area contributed by atoms with Gasteiger partial charge in [-0.25, -0.2) is 13.2 Å². The number of nitrogens with two attached hydrogens (primary N) is 1. The van der Waals surface area contributed by atoms with E-state index in [1.165, 1.54) is 18.2 Å². The summed E-state index contributed by atoms with van der Waals surface area (Å²) in [5, 5.41) is 2.62. The van der Waals surface area contributed by atoms with Crippen molar-refractivity contribution in [1.82, 2.24) is 0 Å². The van der Waals surface area contributed by atoms with Crippen molar-refractivity contribution in [2.24, 2.45) is 0 Å². The molecule has 19 heavy (non-hydrogen) atoms. The number of benzene rings is 2. The number of halogens is 4. The van der Waals surface area contributed by atoms with Gasteiger partial charge in [0.05, 0.1) is 10.2 Å². The Bertz CT molecular complexity index is 644. The molecule has 0 heterocycles. The highest BCUT2D eigenvalue weighted by Crippen LogP contribution is 2.31. The van der Waals surface area contributed by atoms with E-state index in [2.05, 4.69) is 21.2 Å². The SMILES string of the molecule is Cc1cc(Br)c(F)cc1Nc1c(N)ccc(F)c1F. The van der Waals surface area contributed by atoms with E-state index in [-0.39, 0.29) is 11.4 Å². The summed E-state index contributed by atoms with van der Waals surface area (Å²) in [5.74, 6) is -2.63. The van der Waals surface area contributed by atoms with Gasteiger partial charge in [0, 0.05) is 5.69 Å². The maximum atomic E-state index is 13.6. The standard InChI is InChI=1S/C13H10BrF3N2/c1-6-4-7(14)9(16)5-11(6)19-13-10(18)3-2-8(15)12(13)17/h2-5,19H,18H2,1H3. The molecule has 0 aliphatic rings. The van der Waals surface area contributed by atoms with Crippen LogP contribution in [-0.4, -0.2) is 0 Å². The van der Waals surface area contributed by atoms with E-state index in [0.717, 1.165) is 6.07 Å². The Balaban J connectivity index is 2.48. The Labute approximate surface area is 116 Å². The second-order valence-electron chi connectivity index (χ2n) is 4.03. The van der Waals surface area contributed by atoms with Gasteiger partial charge in [-0.1, -0.05) is 0 Å². The van der Waals surface area contributed by atoms with Gasteiger partial charge in [-0.3, -0.25) is 0 Å². The Hall–Kier alpha value is -1.69. The molecule has 100 valence electrons. The van der Waals surface area contributed by atoms with Gasteiger partial charge in [0.2, 0.25) is 0 Å². The smallest absolute Gasteiger partial charge is 0.184 e. The predicted octanol–water partition coefficient (Wildman–Crippen LogP) is 4.50. The van der Waals surface area contributed by atoms with E-state index in [1.54, 1.807) is 6.92 Å². The topological polar surface area (TPSA) is 38.0 Å². The fourth-order valence-electron chi connectivity index (χ4n) is 1.61. The highest BCUT2D eigenvalue weighted by Gasteiger charge is 2.14. The second kappa shape index (κ2) is 5.13. The van der Waals surface area contributed by atoms with Crippen LogP contribution in [-0.2, 0) is 0 Å². The largest absolute Gasteiger partial charge is 0.397 e. The zero-order chi connectivity index (χ0) is 14.2. The normalized spacial score (nSPS) is 10.6. The van der Waals surface area contributed by atoms with Crippen molar-refractivity contribution in [3.05, 3.63) is 51.8 Å². The van der Waals surface area contributed by atoms with Gasteiger partial charge in [0.1, 0.15) is 11.5 Å². The third kappa shape index (κ3) is 2.68. The first-order valence-electron chi connectivity index (χ1n) is 5.36. The van der Waals surface area contributed by atoms with Crippen LogP contribution in [0.15, 0.2) is 28.7 Å². The lowest BCUT2D eigenvalue weighted by molar-refractivity contribution is 0.512. The molecule has 0 aliphatic heterocycles. The number of hydrogen-bond acceptors (Lipinski definition) is 2. The van der Waals surface area contributed by atoms with E-state index >= 15 is 0 Å². The Morgan fingerprint density at radius 3 is 2.47 bits per heavy atom. The van der Waals surface area contributed by atoms with Crippen LogP contribution in [0.25, 0.3) is 0 Å². The zero-order valence-electron chi connectivity index (χ0n) is 9.90. The fourth-order valence-corrected chi connectivity index (χ4v) is 2.07. The van der Waals surface area contributed by atoms with Gasteiger partial charge in [0.25, 0.3) is 0 Å². The number of anilines is 3. The molecular weight excluding hydrogens is 321 g/mol. The average molecular weight is 331 g/mol. The van der Waals surface area contributed by atoms with Crippen LogP contribution >= 0.6 is 15.9 Å². The Morgan fingerprint density at radius 1 is 1.11 bits per heavy atom. The van der Waals surface area contributed by atoms with Crippen molar-refractivity contribution < 1.29 is 13.2 Å². The summed E-state index contributed by atoms with van der Waals surface area (Å²) in [6, 6.07) is 4.89. The molecule has 2 aromatic rings. The van der Waals surface area contributed by atoms with E-state index in [0.29, 0.717) is 15.7 Å². The first-order valence-corrected chi connectivity index (χ1v) is 6.15. The number of aryl methyl sites for hydroxylation is 1. The minimum absolute atomic E-state index is 0.0432. The fraction of sp³-hybridized carbons (Fsp3) is 0.0769. The molecule has 0 aliphatic carbocycles. The van der Waals surface area contributed by atoms with Crippen molar-refractivity contribution >= 4 is 33.0 Å². The molecule has 0 saturated heterocycles. The van der Waals surface area contributed by atoms with Crippen LogP contribution < -0.4 is 11.1 Å². The summed E-state index contributed by atoms with van der Waals surface area (Å²) in [4.78, 5) is 0. The summed E-state index contributed by atoms with van der Waals surface area (Å²) in [6.45, 7) is 1.71.